The fraction of sp³-hybridized carbons (Fsp3) is 0.571. The van der Waals surface area contributed by atoms with Crippen LogP contribution in [0.2, 0.25) is 0 Å². The summed E-state index contributed by atoms with van der Waals surface area (Å²) >= 11 is 0. The van der Waals surface area contributed by atoms with E-state index in [1.54, 1.807) is 6.33 Å². The standard InChI is InChI=1S/C21H32N6O/c1-5-22-20(26-17-9-10-19-24-15-25-27(19)14-17)23-11-12-28-18-8-6-7-16(13-18)21(2,3)4/h6-8,13,15,17H,5,9-12,14H2,1-4H3,(H2,22,23,26). The number of aryl methyl sites for hydroxylation is 1. The molecule has 0 bridgehead atoms. The third-order valence-corrected chi connectivity index (χ3v) is 4.82. The Morgan fingerprint density at radius 3 is 3.00 bits per heavy atom. The lowest BCUT2D eigenvalue weighted by Crippen LogP contribution is -2.47. The maximum atomic E-state index is 5.91. The summed E-state index contributed by atoms with van der Waals surface area (Å²) < 4.78 is 7.88. The van der Waals surface area contributed by atoms with Crippen LogP contribution < -0.4 is 15.4 Å². The number of fused-ring (bicyclic) bond motifs is 1. The van der Waals surface area contributed by atoms with E-state index in [0.717, 1.165) is 43.5 Å². The molecule has 0 amide bonds. The fourth-order valence-electron chi connectivity index (χ4n) is 3.24. The van der Waals surface area contributed by atoms with Gasteiger partial charge < -0.3 is 15.4 Å². The second-order valence-electron chi connectivity index (χ2n) is 8.13. The second kappa shape index (κ2) is 9.08. The van der Waals surface area contributed by atoms with Gasteiger partial charge in [-0.05, 0) is 36.5 Å². The molecule has 1 aliphatic rings. The van der Waals surface area contributed by atoms with Gasteiger partial charge in [-0.2, -0.15) is 5.10 Å². The number of rotatable bonds is 6. The monoisotopic (exact) mass is 384 g/mol. The van der Waals surface area contributed by atoms with Gasteiger partial charge in [0.15, 0.2) is 5.96 Å². The largest absolute Gasteiger partial charge is 0.492 e. The van der Waals surface area contributed by atoms with E-state index in [4.69, 9.17) is 4.74 Å². The molecule has 28 heavy (non-hydrogen) atoms. The average Bonchev–Trinajstić information content (AvgIpc) is 3.13. The summed E-state index contributed by atoms with van der Waals surface area (Å²) in [5, 5.41) is 11.1. The van der Waals surface area contributed by atoms with Gasteiger partial charge in [0.05, 0.1) is 13.1 Å². The van der Waals surface area contributed by atoms with Crippen LogP contribution in [0.4, 0.5) is 0 Å². The number of nitrogens with one attached hydrogen (secondary N) is 2. The molecule has 2 aromatic rings. The van der Waals surface area contributed by atoms with Crippen molar-refractivity contribution in [3.8, 4) is 5.75 Å². The zero-order valence-corrected chi connectivity index (χ0v) is 17.4. The van der Waals surface area contributed by atoms with Crippen LogP contribution >= 0.6 is 0 Å². The number of benzene rings is 1. The van der Waals surface area contributed by atoms with E-state index >= 15 is 0 Å². The minimum Gasteiger partial charge on any atom is -0.492 e. The summed E-state index contributed by atoms with van der Waals surface area (Å²) in [5.74, 6) is 2.78. The zero-order chi connectivity index (χ0) is 20.0. The topological polar surface area (TPSA) is 76.4 Å². The van der Waals surface area contributed by atoms with Gasteiger partial charge in [0.2, 0.25) is 0 Å². The summed E-state index contributed by atoms with van der Waals surface area (Å²) in [7, 11) is 0. The molecule has 0 spiro atoms. The van der Waals surface area contributed by atoms with Crippen molar-refractivity contribution < 1.29 is 4.74 Å². The van der Waals surface area contributed by atoms with Gasteiger partial charge in [-0.1, -0.05) is 32.9 Å². The fourth-order valence-corrected chi connectivity index (χ4v) is 3.24. The smallest absolute Gasteiger partial charge is 0.191 e. The van der Waals surface area contributed by atoms with E-state index in [0.29, 0.717) is 19.2 Å². The number of aromatic nitrogens is 3. The Balaban J connectivity index is 1.51. The zero-order valence-electron chi connectivity index (χ0n) is 17.4. The molecule has 0 saturated heterocycles. The molecule has 1 unspecified atom stereocenters. The van der Waals surface area contributed by atoms with Crippen molar-refractivity contribution >= 4 is 5.96 Å². The molecule has 2 heterocycles. The summed E-state index contributed by atoms with van der Waals surface area (Å²) in [4.78, 5) is 8.94. The van der Waals surface area contributed by atoms with Crippen LogP contribution in [0.1, 0.15) is 45.5 Å². The van der Waals surface area contributed by atoms with Gasteiger partial charge in [0.25, 0.3) is 0 Å². The first kappa shape index (κ1) is 20.2. The van der Waals surface area contributed by atoms with Gasteiger partial charge in [0, 0.05) is 19.0 Å². The number of guanidine groups is 1. The summed E-state index contributed by atoms with van der Waals surface area (Å²) in [5.41, 5.74) is 1.39. The second-order valence-corrected chi connectivity index (χ2v) is 8.13. The van der Waals surface area contributed by atoms with Crippen LogP contribution in [0, 0.1) is 0 Å². The van der Waals surface area contributed by atoms with Crippen molar-refractivity contribution in [2.24, 2.45) is 4.99 Å². The molecule has 2 N–H and O–H groups in total. The molecule has 152 valence electrons. The lowest BCUT2D eigenvalue weighted by Gasteiger charge is -2.25. The Kier molecular flexibility index (Phi) is 6.54. The Labute approximate surface area is 167 Å². The first-order chi connectivity index (χ1) is 13.5. The van der Waals surface area contributed by atoms with E-state index in [-0.39, 0.29) is 5.41 Å². The van der Waals surface area contributed by atoms with Crippen molar-refractivity contribution in [1.82, 2.24) is 25.4 Å². The normalized spacial score (nSPS) is 17.1. The molecule has 1 atom stereocenters. The van der Waals surface area contributed by atoms with E-state index < -0.39 is 0 Å². The van der Waals surface area contributed by atoms with Crippen molar-refractivity contribution in [2.45, 2.75) is 58.5 Å². The first-order valence-corrected chi connectivity index (χ1v) is 10.1. The molecule has 1 aromatic heterocycles. The maximum Gasteiger partial charge on any atom is 0.191 e. The third kappa shape index (κ3) is 5.47. The number of hydrogen-bond acceptors (Lipinski definition) is 4. The molecule has 3 rings (SSSR count). The van der Waals surface area contributed by atoms with Gasteiger partial charge in [0.1, 0.15) is 24.5 Å². The van der Waals surface area contributed by atoms with E-state index in [1.807, 2.05) is 16.8 Å². The molecule has 0 saturated carbocycles. The highest BCUT2D eigenvalue weighted by atomic mass is 16.5. The number of aliphatic imine (C=N–C) groups is 1. The van der Waals surface area contributed by atoms with Crippen LogP contribution in [-0.2, 0) is 18.4 Å². The molecular weight excluding hydrogens is 352 g/mol. The quantitative estimate of drug-likeness (QED) is 0.455. The predicted octanol–water partition coefficient (Wildman–Crippen LogP) is 2.52. The molecule has 1 aromatic carbocycles. The SMILES string of the molecule is CCNC(=NCCOc1cccc(C(C)(C)C)c1)NC1CCc2ncnn2C1. The third-order valence-electron chi connectivity index (χ3n) is 4.82. The highest BCUT2D eigenvalue weighted by molar-refractivity contribution is 5.80. The Hall–Kier alpha value is -2.57. The van der Waals surface area contributed by atoms with Crippen molar-refractivity contribution in [3.63, 3.8) is 0 Å². The van der Waals surface area contributed by atoms with Gasteiger partial charge in [-0.3, -0.25) is 0 Å². The molecule has 0 aliphatic carbocycles. The Bertz CT molecular complexity index is 792. The number of ether oxygens (including phenoxy) is 1. The van der Waals surface area contributed by atoms with Crippen molar-refractivity contribution in [3.05, 3.63) is 42.0 Å². The molecule has 0 fully saturated rings. The van der Waals surface area contributed by atoms with Crippen molar-refractivity contribution in [1.29, 1.82) is 0 Å². The van der Waals surface area contributed by atoms with Gasteiger partial charge in [-0.25, -0.2) is 14.7 Å². The lowest BCUT2D eigenvalue weighted by molar-refractivity contribution is 0.327. The van der Waals surface area contributed by atoms with Crippen LogP contribution in [-0.4, -0.2) is 46.5 Å². The highest BCUT2D eigenvalue weighted by Gasteiger charge is 2.20. The van der Waals surface area contributed by atoms with E-state index in [9.17, 15) is 0 Å². The summed E-state index contributed by atoms with van der Waals surface area (Å²) in [6, 6.07) is 8.61. The van der Waals surface area contributed by atoms with Gasteiger partial charge >= 0.3 is 0 Å². The van der Waals surface area contributed by atoms with Crippen LogP contribution in [0.5, 0.6) is 5.75 Å². The average molecular weight is 385 g/mol. The molecule has 1 aliphatic heterocycles. The predicted molar refractivity (Wildman–Crippen MR) is 112 cm³/mol. The van der Waals surface area contributed by atoms with Crippen molar-refractivity contribution in [2.75, 3.05) is 19.7 Å². The Morgan fingerprint density at radius 2 is 2.21 bits per heavy atom. The van der Waals surface area contributed by atoms with E-state index in [2.05, 4.69) is 65.5 Å². The molecule has 0 radical (unpaired) electrons. The number of nitrogens with zero attached hydrogens (tertiary/aromatic N) is 4. The lowest BCUT2D eigenvalue weighted by atomic mass is 9.87. The number of hydrogen-bond donors (Lipinski definition) is 2. The first-order valence-electron chi connectivity index (χ1n) is 10.1. The van der Waals surface area contributed by atoms with Crippen LogP contribution in [0.15, 0.2) is 35.6 Å². The molecule has 7 nitrogen and oxygen atoms in total. The summed E-state index contributed by atoms with van der Waals surface area (Å²) in [6.07, 6.45) is 3.59. The maximum absolute atomic E-state index is 5.91. The highest BCUT2D eigenvalue weighted by Crippen LogP contribution is 2.25. The molecular formula is C21H32N6O. The minimum absolute atomic E-state index is 0.115. The summed E-state index contributed by atoms with van der Waals surface area (Å²) in [6.45, 7) is 11.5. The van der Waals surface area contributed by atoms with Crippen LogP contribution in [0.25, 0.3) is 0 Å². The van der Waals surface area contributed by atoms with Crippen LogP contribution in [0.3, 0.4) is 0 Å². The van der Waals surface area contributed by atoms with Gasteiger partial charge in [-0.15, -0.1) is 0 Å². The van der Waals surface area contributed by atoms with E-state index in [1.165, 1.54) is 5.56 Å². The minimum atomic E-state index is 0.115. The Morgan fingerprint density at radius 1 is 1.36 bits per heavy atom. The molecule has 7 heteroatoms.